The number of nitrogens with two attached hydrogens (primary N) is 1. The maximum absolute atomic E-state index is 14.0. The molecule has 4 amide bonds. The molecule has 2 aromatic rings. The zero-order valence-corrected chi connectivity index (χ0v) is 29.4. The third-order valence-electron chi connectivity index (χ3n) is 10.5. The van der Waals surface area contributed by atoms with Crippen LogP contribution in [-0.2, 0) is 33.3 Å². The Labute approximate surface area is 304 Å². The van der Waals surface area contributed by atoms with Crippen LogP contribution in [0.15, 0.2) is 36.4 Å². The Morgan fingerprint density at radius 2 is 1.65 bits per heavy atom. The van der Waals surface area contributed by atoms with E-state index < -0.39 is 41.5 Å². The first-order chi connectivity index (χ1) is 24.8. The predicted molar refractivity (Wildman–Crippen MR) is 186 cm³/mol. The molecule has 17 heteroatoms. The Morgan fingerprint density at radius 1 is 0.962 bits per heavy atom. The third-order valence-corrected chi connectivity index (χ3v) is 10.8. The van der Waals surface area contributed by atoms with E-state index in [1.54, 1.807) is 9.80 Å². The van der Waals surface area contributed by atoms with Gasteiger partial charge in [-0.15, -0.1) is 0 Å². The van der Waals surface area contributed by atoms with Gasteiger partial charge in [0.1, 0.15) is 0 Å². The quantitative estimate of drug-likeness (QED) is 0.342. The largest absolute Gasteiger partial charge is 0.480 e. The number of carbonyl (C=O) groups excluding carboxylic acids is 3. The molecule has 0 spiro atoms. The Morgan fingerprint density at radius 3 is 2.35 bits per heavy atom. The number of urea groups is 1. The molecule has 0 bridgehead atoms. The molecule has 6 rings (SSSR count). The van der Waals surface area contributed by atoms with E-state index in [0.29, 0.717) is 65.1 Å². The van der Waals surface area contributed by atoms with Crippen molar-refractivity contribution in [1.29, 1.82) is 0 Å². The fourth-order valence-corrected chi connectivity index (χ4v) is 7.91. The zero-order valence-electron chi connectivity index (χ0n) is 28.6. The molecule has 0 aliphatic carbocycles. The average Bonchev–Trinajstić information content (AvgIpc) is 3.50. The van der Waals surface area contributed by atoms with Crippen LogP contribution in [-0.4, -0.2) is 137 Å². The third kappa shape index (κ3) is 8.67. The minimum atomic E-state index is -4.80. The lowest BCUT2D eigenvalue weighted by Crippen LogP contribution is -2.55. The van der Waals surface area contributed by atoms with E-state index in [1.807, 2.05) is 29.2 Å². The second kappa shape index (κ2) is 15.8. The number of nitrogens with zero attached hydrogens (tertiary/aromatic N) is 5. The van der Waals surface area contributed by atoms with E-state index in [1.165, 1.54) is 11.0 Å². The van der Waals surface area contributed by atoms with Crippen molar-refractivity contribution in [3.8, 4) is 0 Å². The van der Waals surface area contributed by atoms with Gasteiger partial charge in [-0.2, -0.15) is 13.2 Å². The summed E-state index contributed by atoms with van der Waals surface area (Å²) in [4.78, 5) is 60.6. The summed E-state index contributed by atoms with van der Waals surface area (Å²) in [6, 6.07) is 9.51. The fraction of sp³-hybridized carbons (Fsp3) is 0.543. The lowest BCUT2D eigenvalue weighted by atomic mass is 10.0. The summed E-state index contributed by atoms with van der Waals surface area (Å²) < 4.78 is 47.2. The highest BCUT2D eigenvalue weighted by Crippen LogP contribution is 2.38. The van der Waals surface area contributed by atoms with Crippen LogP contribution in [0.1, 0.15) is 36.0 Å². The molecule has 0 radical (unpaired) electrons. The van der Waals surface area contributed by atoms with Gasteiger partial charge in [0.2, 0.25) is 0 Å². The first-order valence-corrected chi connectivity index (χ1v) is 17.9. The van der Waals surface area contributed by atoms with Gasteiger partial charge < -0.3 is 35.6 Å². The SMILES string of the molecule is Nc1c(Cl)cc(C[C@@H](OC(=O)N2CCC(N3CCc4ccccc4NC3=O)CC2)C(=O)N2CCN([C@@H]3CCN(CC(=O)O)C3)CC2)cc1C(F)(F)F. The number of para-hydroxylation sites is 1. The molecule has 2 aromatic carbocycles. The average molecular weight is 750 g/mol. The van der Waals surface area contributed by atoms with Gasteiger partial charge in [0.05, 0.1) is 22.8 Å². The minimum Gasteiger partial charge on any atom is -0.480 e. The van der Waals surface area contributed by atoms with Gasteiger partial charge >= 0.3 is 24.3 Å². The monoisotopic (exact) mass is 749 g/mol. The first kappa shape index (κ1) is 37.5. The van der Waals surface area contributed by atoms with E-state index in [4.69, 9.17) is 27.2 Å². The molecule has 282 valence electrons. The number of rotatable bonds is 8. The van der Waals surface area contributed by atoms with Gasteiger partial charge in [0.15, 0.2) is 6.10 Å². The van der Waals surface area contributed by atoms with Crippen molar-refractivity contribution in [1.82, 2.24) is 24.5 Å². The number of carboxylic acid groups (broad SMARTS) is 1. The fourth-order valence-electron chi connectivity index (χ4n) is 7.67. The van der Waals surface area contributed by atoms with Gasteiger partial charge in [0.25, 0.3) is 5.91 Å². The highest BCUT2D eigenvalue weighted by molar-refractivity contribution is 6.33. The number of piperidine rings is 1. The molecule has 4 heterocycles. The van der Waals surface area contributed by atoms with Crippen LogP contribution in [0.4, 0.5) is 34.1 Å². The van der Waals surface area contributed by atoms with Crippen molar-refractivity contribution in [2.45, 2.75) is 56.5 Å². The van der Waals surface area contributed by atoms with Crippen LogP contribution < -0.4 is 11.1 Å². The van der Waals surface area contributed by atoms with Crippen LogP contribution in [0, 0.1) is 0 Å². The number of amides is 4. The number of likely N-dealkylation sites (tertiary alicyclic amines) is 2. The highest BCUT2D eigenvalue weighted by atomic mass is 35.5. The van der Waals surface area contributed by atoms with Crippen LogP contribution in [0.25, 0.3) is 0 Å². The van der Waals surface area contributed by atoms with Gasteiger partial charge in [-0.1, -0.05) is 29.8 Å². The molecule has 0 aromatic heterocycles. The van der Waals surface area contributed by atoms with Crippen LogP contribution in [0.2, 0.25) is 5.02 Å². The number of halogens is 4. The number of benzene rings is 2. The molecule has 4 aliphatic rings. The van der Waals surface area contributed by atoms with Crippen molar-refractivity contribution < 1.29 is 42.2 Å². The summed E-state index contributed by atoms with van der Waals surface area (Å²) in [5.74, 6) is -1.42. The molecular weight excluding hydrogens is 707 g/mol. The number of alkyl halides is 3. The molecular formula is C35H43ClF3N7O6. The number of fused-ring (bicyclic) bond motifs is 1. The summed E-state index contributed by atoms with van der Waals surface area (Å²) in [6.07, 6.45) is -4.92. The molecule has 3 fully saturated rings. The van der Waals surface area contributed by atoms with Crippen LogP contribution >= 0.6 is 11.6 Å². The van der Waals surface area contributed by atoms with Crippen LogP contribution in [0.3, 0.4) is 0 Å². The lowest BCUT2D eigenvalue weighted by Gasteiger charge is -2.40. The van der Waals surface area contributed by atoms with Crippen LogP contribution in [0.5, 0.6) is 0 Å². The molecule has 13 nitrogen and oxygen atoms in total. The van der Waals surface area contributed by atoms with Crippen molar-refractivity contribution in [3.05, 3.63) is 58.1 Å². The lowest BCUT2D eigenvalue weighted by molar-refractivity contribution is -0.143. The van der Waals surface area contributed by atoms with Crippen molar-refractivity contribution in [2.24, 2.45) is 0 Å². The van der Waals surface area contributed by atoms with Gasteiger partial charge in [-0.25, -0.2) is 9.59 Å². The number of hydrogen-bond donors (Lipinski definition) is 3. The molecule has 0 unspecified atom stereocenters. The number of carboxylic acids is 1. The Bertz CT molecular complexity index is 1670. The predicted octanol–water partition coefficient (Wildman–Crippen LogP) is 3.85. The maximum atomic E-state index is 14.0. The molecule has 52 heavy (non-hydrogen) atoms. The Kier molecular flexibility index (Phi) is 11.4. The number of aliphatic carboxylic acids is 1. The number of ether oxygens (including phenoxy) is 1. The van der Waals surface area contributed by atoms with Crippen molar-refractivity contribution in [2.75, 3.05) is 76.5 Å². The summed E-state index contributed by atoms with van der Waals surface area (Å²) in [7, 11) is 0. The smallest absolute Gasteiger partial charge is 0.418 e. The Balaban J connectivity index is 1.11. The summed E-state index contributed by atoms with van der Waals surface area (Å²) in [5.41, 5.74) is 5.72. The van der Waals surface area contributed by atoms with Crippen molar-refractivity contribution in [3.63, 3.8) is 0 Å². The topological polar surface area (TPSA) is 152 Å². The zero-order chi connectivity index (χ0) is 37.2. The summed E-state index contributed by atoms with van der Waals surface area (Å²) in [5, 5.41) is 11.8. The van der Waals surface area contributed by atoms with Gasteiger partial charge in [0, 0.05) is 83.1 Å². The molecule has 0 saturated carbocycles. The standard InChI is InChI=1S/C35H43ClF3N7O6/c36-27-18-22(17-26(31(27)40)35(37,38)39)19-29(32(49)44-15-13-43(14-16-44)25-6-9-42(20-25)21-30(47)48)52-34(51)45-10-7-24(8-11-45)46-12-5-23-3-1-2-4-28(23)41-33(46)50/h1-4,17-18,24-25,29H,5-16,19-21,40H2,(H,41,50)(H,47,48)/t25-,29-/m1/s1. The van der Waals surface area contributed by atoms with Crippen molar-refractivity contribution >= 4 is 47.0 Å². The normalized spacial score (nSPS) is 21.3. The van der Waals surface area contributed by atoms with E-state index in [2.05, 4.69) is 10.2 Å². The molecule has 3 saturated heterocycles. The van der Waals surface area contributed by atoms with Gasteiger partial charge in [-0.3, -0.25) is 19.4 Å². The number of nitrogen functional groups attached to an aromatic ring is 1. The molecule has 4 N–H and O–H groups in total. The number of piperazine rings is 1. The number of nitrogens with one attached hydrogen (secondary N) is 1. The minimum absolute atomic E-state index is 0.0345. The highest BCUT2D eigenvalue weighted by Gasteiger charge is 2.39. The second-order valence-electron chi connectivity index (χ2n) is 13.8. The maximum Gasteiger partial charge on any atom is 0.418 e. The number of hydrogen-bond acceptors (Lipinski definition) is 8. The van der Waals surface area contributed by atoms with Gasteiger partial charge in [-0.05, 0) is 55.0 Å². The number of anilines is 2. The van der Waals surface area contributed by atoms with E-state index in [0.717, 1.165) is 23.7 Å². The Hall–Kier alpha value is -4.28. The van der Waals surface area contributed by atoms with E-state index >= 15 is 0 Å². The first-order valence-electron chi connectivity index (χ1n) is 17.5. The molecule has 4 aliphatic heterocycles. The summed E-state index contributed by atoms with van der Waals surface area (Å²) >= 11 is 6.09. The van der Waals surface area contributed by atoms with E-state index in [-0.39, 0.29) is 54.8 Å². The molecule has 2 atom stereocenters. The summed E-state index contributed by atoms with van der Waals surface area (Å²) in [6.45, 7) is 3.87. The van der Waals surface area contributed by atoms with E-state index in [9.17, 15) is 32.3 Å². The second-order valence-corrected chi connectivity index (χ2v) is 14.2. The number of carbonyl (C=O) groups is 4.